The molecule has 3 nitrogen and oxygen atoms in total. The summed E-state index contributed by atoms with van der Waals surface area (Å²) < 4.78 is 50.3. The third kappa shape index (κ3) is 3.51. The van der Waals surface area contributed by atoms with Crippen molar-refractivity contribution in [2.75, 3.05) is 11.5 Å². The van der Waals surface area contributed by atoms with Crippen LogP contribution in [0, 0.1) is 11.6 Å². The molecule has 0 aliphatic carbocycles. The summed E-state index contributed by atoms with van der Waals surface area (Å²) in [5.41, 5.74) is -0.0366. The molecule has 0 bridgehead atoms. The van der Waals surface area contributed by atoms with Crippen molar-refractivity contribution in [3.8, 4) is 0 Å². The standard InChI is InChI=1S/C13H17F2NO2S/c1-9(13-11(14)5-2-6-12(13)15)16-10-4-3-7-19(17,18)8-10/h2,5-6,9-10,16H,3-4,7-8H2,1H3. The van der Waals surface area contributed by atoms with Gasteiger partial charge in [0.2, 0.25) is 0 Å². The van der Waals surface area contributed by atoms with E-state index in [2.05, 4.69) is 5.32 Å². The van der Waals surface area contributed by atoms with Gasteiger partial charge in [0, 0.05) is 17.6 Å². The lowest BCUT2D eigenvalue weighted by Crippen LogP contribution is -2.41. The summed E-state index contributed by atoms with van der Waals surface area (Å²) in [5, 5.41) is 3.01. The quantitative estimate of drug-likeness (QED) is 0.928. The summed E-state index contributed by atoms with van der Waals surface area (Å²) in [7, 11) is -3.03. The Hall–Kier alpha value is -1.01. The van der Waals surface area contributed by atoms with Gasteiger partial charge in [-0.3, -0.25) is 0 Å². The highest BCUT2D eigenvalue weighted by Gasteiger charge is 2.27. The third-order valence-corrected chi connectivity index (χ3v) is 5.20. The molecule has 2 atom stereocenters. The van der Waals surface area contributed by atoms with Crippen LogP contribution < -0.4 is 5.32 Å². The molecule has 1 aromatic rings. The molecule has 0 saturated carbocycles. The van der Waals surface area contributed by atoms with E-state index in [1.807, 2.05) is 0 Å². The molecule has 1 heterocycles. The molecular formula is C13H17F2NO2S. The predicted molar refractivity (Wildman–Crippen MR) is 69.6 cm³/mol. The highest BCUT2D eigenvalue weighted by Crippen LogP contribution is 2.22. The minimum absolute atomic E-state index is 0.0351. The zero-order chi connectivity index (χ0) is 14.0. The van der Waals surface area contributed by atoms with Crippen molar-refractivity contribution in [2.24, 2.45) is 0 Å². The van der Waals surface area contributed by atoms with E-state index in [9.17, 15) is 17.2 Å². The lowest BCUT2D eigenvalue weighted by atomic mass is 10.0. The maximum atomic E-state index is 13.6. The number of sulfone groups is 1. The van der Waals surface area contributed by atoms with Crippen LogP contribution in [0.1, 0.15) is 31.4 Å². The van der Waals surface area contributed by atoms with Crippen molar-refractivity contribution in [2.45, 2.75) is 31.8 Å². The topological polar surface area (TPSA) is 46.2 Å². The zero-order valence-electron chi connectivity index (χ0n) is 10.7. The van der Waals surface area contributed by atoms with Gasteiger partial charge in [0.1, 0.15) is 11.6 Å². The van der Waals surface area contributed by atoms with E-state index >= 15 is 0 Å². The Bertz CT molecular complexity index is 540. The van der Waals surface area contributed by atoms with Gasteiger partial charge in [0.05, 0.1) is 11.5 Å². The molecule has 19 heavy (non-hydrogen) atoms. The first kappa shape index (κ1) is 14.4. The Morgan fingerprint density at radius 3 is 2.53 bits per heavy atom. The summed E-state index contributed by atoms with van der Waals surface area (Å²) in [6.45, 7) is 1.64. The molecule has 1 fully saturated rings. The first-order valence-corrected chi connectivity index (χ1v) is 8.11. The molecule has 2 rings (SSSR count). The van der Waals surface area contributed by atoms with Gasteiger partial charge in [0.25, 0.3) is 0 Å². The van der Waals surface area contributed by atoms with Crippen molar-refractivity contribution in [3.63, 3.8) is 0 Å². The first-order valence-electron chi connectivity index (χ1n) is 6.29. The third-order valence-electron chi connectivity index (χ3n) is 3.38. The van der Waals surface area contributed by atoms with Crippen molar-refractivity contribution in [1.29, 1.82) is 0 Å². The lowest BCUT2D eigenvalue weighted by molar-refractivity contribution is 0.415. The molecule has 1 aliphatic heterocycles. The molecule has 106 valence electrons. The Kier molecular flexibility index (Phi) is 4.20. The molecule has 0 spiro atoms. The van der Waals surface area contributed by atoms with E-state index in [0.29, 0.717) is 12.8 Å². The van der Waals surface area contributed by atoms with Gasteiger partial charge in [-0.1, -0.05) is 6.07 Å². The van der Waals surface area contributed by atoms with Crippen molar-refractivity contribution < 1.29 is 17.2 Å². The molecule has 6 heteroatoms. The predicted octanol–water partition coefficient (Wildman–Crippen LogP) is 2.19. The SMILES string of the molecule is CC(NC1CCCS(=O)(=O)C1)c1c(F)cccc1F. The van der Waals surface area contributed by atoms with Gasteiger partial charge in [0.15, 0.2) is 9.84 Å². The summed E-state index contributed by atoms with van der Waals surface area (Å²) in [4.78, 5) is 0. The van der Waals surface area contributed by atoms with Crippen LogP contribution in [0.25, 0.3) is 0 Å². The molecule has 1 saturated heterocycles. The first-order chi connectivity index (χ1) is 8.89. The second-order valence-corrected chi connectivity index (χ2v) is 7.21. The molecule has 1 aromatic carbocycles. The maximum absolute atomic E-state index is 13.6. The van der Waals surface area contributed by atoms with Crippen LogP contribution in [0.2, 0.25) is 0 Å². The van der Waals surface area contributed by atoms with Crippen LogP contribution in [0.4, 0.5) is 8.78 Å². The van der Waals surface area contributed by atoms with Gasteiger partial charge in [-0.25, -0.2) is 17.2 Å². The summed E-state index contributed by atoms with van der Waals surface area (Å²) >= 11 is 0. The zero-order valence-corrected chi connectivity index (χ0v) is 11.5. The fourth-order valence-corrected chi connectivity index (χ4v) is 4.16. The molecular weight excluding hydrogens is 272 g/mol. The minimum Gasteiger partial charge on any atom is -0.306 e. The van der Waals surface area contributed by atoms with Crippen molar-refractivity contribution in [3.05, 3.63) is 35.4 Å². The second kappa shape index (κ2) is 5.54. The Labute approximate surface area is 111 Å². The fourth-order valence-electron chi connectivity index (χ4n) is 2.52. The smallest absolute Gasteiger partial charge is 0.151 e. The van der Waals surface area contributed by atoms with Gasteiger partial charge >= 0.3 is 0 Å². The van der Waals surface area contributed by atoms with Crippen LogP contribution in [0.15, 0.2) is 18.2 Å². The van der Waals surface area contributed by atoms with E-state index in [1.54, 1.807) is 6.92 Å². The van der Waals surface area contributed by atoms with Gasteiger partial charge in [-0.15, -0.1) is 0 Å². The second-order valence-electron chi connectivity index (χ2n) is 4.98. The molecule has 2 unspecified atom stereocenters. The van der Waals surface area contributed by atoms with E-state index in [0.717, 1.165) is 0 Å². The molecule has 0 radical (unpaired) electrons. The molecule has 1 N–H and O–H groups in total. The number of hydrogen-bond donors (Lipinski definition) is 1. The minimum atomic E-state index is -3.03. The lowest BCUT2D eigenvalue weighted by Gasteiger charge is -2.27. The number of halogens is 2. The van der Waals surface area contributed by atoms with Crippen LogP contribution in [0.5, 0.6) is 0 Å². The fraction of sp³-hybridized carbons (Fsp3) is 0.538. The highest BCUT2D eigenvalue weighted by molar-refractivity contribution is 7.91. The largest absolute Gasteiger partial charge is 0.306 e. The number of benzene rings is 1. The average Bonchev–Trinajstić information content (AvgIpc) is 2.27. The van der Waals surface area contributed by atoms with Gasteiger partial charge < -0.3 is 5.32 Å². The van der Waals surface area contributed by atoms with E-state index in [4.69, 9.17) is 0 Å². The highest BCUT2D eigenvalue weighted by atomic mass is 32.2. The number of nitrogens with one attached hydrogen (secondary N) is 1. The number of rotatable bonds is 3. The summed E-state index contributed by atoms with van der Waals surface area (Å²) in [5.74, 6) is -0.988. The number of hydrogen-bond acceptors (Lipinski definition) is 3. The average molecular weight is 289 g/mol. The van der Waals surface area contributed by atoms with Crippen LogP contribution in [-0.4, -0.2) is 26.0 Å². The van der Waals surface area contributed by atoms with Crippen LogP contribution in [0.3, 0.4) is 0 Å². The normalized spacial score (nSPS) is 24.1. The van der Waals surface area contributed by atoms with Gasteiger partial charge in [-0.2, -0.15) is 0 Å². The van der Waals surface area contributed by atoms with E-state index in [1.165, 1.54) is 18.2 Å². The van der Waals surface area contributed by atoms with Crippen LogP contribution >= 0.6 is 0 Å². The van der Waals surface area contributed by atoms with E-state index < -0.39 is 27.5 Å². The Balaban J connectivity index is 2.11. The van der Waals surface area contributed by atoms with Gasteiger partial charge in [-0.05, 0) is 31.9 Å². The monoisotopic (exact) mass is 289 g/mol. The van der Waals surface area contributed by atoms with Crippen molar-refractivity contribution >= 4 is 9.84 Å². The Morgan fingerprint density at radius 2 is 1.95 bits per heavy atom. The van der Waals surface area contributed by atoms with E-state index in [-0.39, 0.29) is 23.1 Å². The molecule has 0 aromatic heterocycles. The van der Waals surface area contributed by atoms with Crippen molar-refractivity contribution in [1.82, 2.24) is 5.32 Å². The summed E-state index contributed by atoms with van der Waals surface area (Å²) in [6.07, 6.45) is 1.30. The summed E-state index contributed by atoms with van der Waals surface area (Å²) in [6, 6.07) is 2.92. The molecule has 1 aliphatic rings. The molecule has 0 amide bonds. The van der Waals surface area contributed by atoms with Crippen LogP contribution in [-0.2, 0) is 9.84 Å². The maximum Gasteiger partial charge on any atom is 0.151 e. The Morgan fingerprint density at radius 1 is 1.32 bits per heavy atom.